The molecular formula is C24H26FN3O3S. The van der Waals surface area contributed by atoms with Crippen molar-refractivity contribution in [2.45, 2.75) is 43.2 Å². The number of rotatable bonds is 7. The Morgan fingerprint density at radius 2 is 1.66 bits per heavy atom. The number of sulfonamides is 1. The van der Waals surface area contributed by atoms with Crippen molar-refractivity contribution in [3.05, 3.63) is 78.2 Å². The molecule has 1 aromatic heterocycles. The van der Waals surface area contributed by atoms with Crippen molar-refractivity contribution in [3.63, 3.8) is 0 Å². The van der Waals surface area contributed by atoms with Crippen molar-refractivity contribution >= 4 is 15.9 Å². The minimum atomic E-state index is -3.62. The Labute approximate surface area is 187 Å². The molecule has 0 unspecified atom stereocenters. The van der Waals surface area contributed by atoms with E-state index in [0.29, 0.717) is 32.2 Å². The van der Waals surface area contributed by atoms with Crippen molar-refractivity contribution in [2.24, 2.45) is 5.92 Å². The van der Waals surface area contributed by atoms with Gasteiger partial charge in [-0.05, 0) is 73.2 Å². The maximum Gasteiger partial charge on any atom is 0.240 e. The van der Waals surface area contributed by atoms with E-state index in [1.165, 1.54) is 12.1 Å². The summed E-state index contributed by atoms with van der Waals surface area (Å²) in [5.41, 5.74) is 2.68. The Balaban J connectivity index is 1.27. The fourth-order valence-electron chi connectivity index (χ4n) is 4.02. The van der Waals surface area contributed by atoms with Crippen LogP contribution >= 0.6 is 0 Å². The molecule has 1 amide bonds. The molecule has 0 aliphatic heterocycles. The minimum absolute atomic E-state index is 0.0458. The number of aromatic amines is 1. The molecule has 0 saturated heterocycles. The number of carbonyl (C=O) groups excluding carboxylic acids is 1. The molecule has 6 nitrogen and oxygen atoms in total. The minimum Gasteiger partial charge on any atom is -0.361 e. The van der Waals surface area contributed by atoms with Crippen LogP contribution in [0.5, 0.6) is 0 Å². The number of carbonyl (C=O) groups is 1. The summed E-state index contributed by atoms with van der Waals surface area (Å²) in [5, 5.41) is 2.89. The van der Waals surface area contributed by atoms with Crippen LogP contribution < -0.4 is 10.0 Å². The van der Waals surface area contributed by atoms with Gasteiger partial charge in [-0.3, -0.25) is 4.79 Å². The van der Waals surface area contributed by atoms with E-state index in [0.717, 1.165) is 16.8 Å². The predicted molar refractivity (Wildman–Crippen MR) is 121 cm³/mol. The number of benzene rings is 2. The van der Waals surface area contributed by atoms with E-state index in [9.17, 15) is 17.6 Å². The lowest BCUT2D eigenvalue weighted by molar-refractivity contribution is -0.126. The highest BCUT2D eigenvalue weighted by molar-refractivity contribution is 7.89. The molecule has 0 radical (unpaired) electrons. The predicted octanol–water partition coefficient (Wildman–Crippen LogP) is 3.97. The van der Waals surface area contributed by atoms with Crippen molar-refractivity contribution < 1.29 is 17.6 Å². The average Bonchev–Trinajstić information content (AvgIpc) is 3.34. The maximum absolute atomic E-state index is 13.0. The zero-order valence-electron chi connectivity index (χ0n) is 17.6. The van der Waals surface area contributed by atoms with Crippen molar-refractivity contribution in [1.29, 1.82) is 0 Å². The van der Waals surface area contributed by atoms with Crippen molar-refractivity contribution in [2.75, 3.05) is 0 Å². The van der Waals surface area contributed by atoms with Gasteiger partial charge in [-0.2, -0.15) is 0 Å². The lowest BCUT2D eigenvalue weighted by Crippen LogP contribution is -2.40. The number of halogens is 1. The first kappa shape index (κ1) is 22.2. The molecule has 0 bridgehead atoms. The van der Waals surface area contributed by atoms with Gasteiger partial charge in [-0.25, -0.2) is 17.5 Å². The van der Waals surface area contributed by atoms with Gasteiger partial charge in [0.25, 0.3) is 0 Å². The molecule has 1 aliphatic carbocycles. The average molecular weight is 456 g/mol. The van der Waals surface area contributed by atoms with Gasteiger partial charge in [0, 0.05) is 30.4 Å². The van der Waals surface area contributed by atoms with Gasteiger partial charge in [-0.1, -0.05) is 24.3 Å². The van der Waals surface area contributed by atoms with Crippen LogP contribution in [0.1, 0.15) is 31.2 Å². The molecule has 168 valence electrons. The third-order valence-corrected chi connectivity index (χ3v) is 7.41. The van der Waals surface area contributed by atoms with E-state index in [4.69, 9.17) is 0 Å². The normalized spacial score (nSPS) is 18.9. The smallest absolute Gasteiger partial charge is 0.240 e. The first-order valence-electron chi connectivity index (χ1n) is 10.7. The number of amides is 1. The molecule has 1 saturated carbocycles. The third-order valence-electron chi connectivity index (χ3n) is 5.87. The molecule has 1 heterocycles. The van der Waals surface area contributed by atoms with Crippen molar-refractivity contribution in [3.8, 4) is 11.3 Å². The first-order valence-corrected chi connectivity index (χ1v) is 12.2. The van der Waals surface area contributed by atoms with E-state index in [-0.39, 0.29) is 28.6 Å². The Kier molecular flexibility index (Phi) is 6.72. The van der Waals surface area contributed by atoms with E-state index >= 15 is 0 Å². The number of aromatic nitrogens is 1. The molecule has 0 spiro atoms. The quantitative estimate of drug-likeness (QED) is 0.503. The summed E-state index contributed by atoms with van der Waals surface area (Å²) in [4.78, 5) is 15.8. The molecule has 32 heavy (non-hydrogen) atoms. The van der Waals surface area contributed by atoms with Gasteiger partial charge in [0.2, 0.25) is 15.9 Å². The van der Waals surface area contributed by atoms with Gasteiger partial charge >= 0.3 is 0 Å². The van der Waals surface area contributed by atoms with Gasteiger partial charge in [0.1, 0.15) is 5.82 Å². The molecule has 0 atom stereocenters. The van der Waals surface area contributed by atoms with Crippen LogP contribution in [-0.2, 0) is 21.4 Å². The topological polar surface area (TPSA) is 91.1 Å². The molecule has 3 N–H and O–H groups in total. The van der Waals surface area contributed by atoms with E-state index in [1.54, 1.807) is 36.4 Å². The molecule has 1 aliphatic rings. The zero-order valence-corrected chi connectivity index (χ0v) is 18.4. The largest absolute Gasteiger partial charge is 0.361 e. The molecule has 3 aromatic rings. The summed E-state index contributed by atoms with van der Waals surface area (Å²) in [6.45, 7) is 0.351. The summed E-state index contributed by atoms with van der Waals surface area (Å²) < 4.78 is 41.3. The number of hydrogen-bond acceptors (Lipinski definition) is 3. The summed E-state index contributed by atoms with van der Waals surface area (Å²) in [5.74, 6) is -0.496. The van der Waals surface area contributed by atoms with Gasteiger partial charge in [0.05, 0.1) is 4.90 Å². The lowest BCUT2D eigenvalue weighted by atomic mass is 9.86. The Morgan fingerprint density at radius 3 is 2.28 bits per heavy atom. The van der Waals surface area contributed by atoms with Crippen LogP contribution in [0.2, 0.25) is 0 Å². The van der Waals surface area contributed by atoms with Crippen LogP contribution in [0.15, 0.2) is 71.8 Å². The van der Waals surface area contributed by atoms with E-state index in [1.807, 2.05) is 18.3 Å². The number of H-pyrrole nitrogens is 1. The Morgan fingerprint density at radius 1 is 0.969 bits per heavy atom. The number of nitrogens with one attached hydrogen (secondary N) is 3. The zero-order chi connectivity index (χ0) is 22.6. The van der Waals surface area contributed by atoms with Gasteiger partial charge < -0.3 is 10.3 Å². The summed E-state index contributed by atoms with van der Waals surface area (Å²) in [6.07, 6.45) is 4.27. The summed E-state index contributed by atoms with van der Waals surface area (Å²) >= 11 is 0. The second-order valence-electron chi connectivity index (χ2n) is 8.12. The van der Waals surface area contributed by atoms with Gasteiger partial charge in [-0.15, -0.1) is 0 Å². The second kappa shape index (κ2) is 9.67. The maximum atomic E-state index is 13.0. The molecule has 2 aromatic carbocycles. The number of hydrogen-bond donors (Lipinski definition) is 3. The highest BCUT2D eigenvalue weighted by atomic mass is 32.2. The third kappa shape index (κ3) is 5.44. The highest BCUT2D eigenvalue weighted by Crippen LogP contribution is 2.26. The SMILES string of the molecule is O=C(NCc1ccc(F)cc1)C1CCC(NS(=O)(=O)c2ccc(-c3ccc[nH]3)cc2)CC1. The van der Waals surface area contributed by atoms with Crippen LogP contribution in [0.3, 0.4) is 0 Å². The Bertz CT molecular complexity index is 1140. The molecule has 8 heteroatoms. The van der Waals surface area contributed by atoms with Gasteiger partial charge in [0.15, 0.2) is 0 Å². The van der Waals surface area contributed by atoms with Crippen LogP contribution in [0.25, 0.3) is 11.3 Å². The second-order valence-corrected chi connectivity index (χ2v) is 9.84. The standard InChI is InChI=1S/C24H26FN3O3S/c25-20-9-3-17(4-10-20)16-27-24(29)19-5-11-21(12-6-19)28-32(30,31)22-13-7-18(8-14-22)23-2-1-15-26-23/h1-4,7-10,13-15,19,21,26,28H,5-6,11-12,16H2,(H,27,29). The molecule has 4 rings (SSSR count). The van der Waals surface area contributed by atoms with E-state index in [2.05, 4.69) is 15.0 Å². The van der Waals surface area contributed by atoms with Crippen LogP contribution in [-0.4, -0.2) is 25.4 Å². The fraction of sp³-hybridized carbons (Fsp3) is 0.292. The molecular weight excluding hydrogens is 429 g/mol. The monoisotopic (exact) mass is 455 g/mol. The van der Waals surface area contributed by atoms with E-state index < -0.39 is 10.0 Å². The lowest BCUT2D eigenvalue weighted by Gasteiger charge is -2.28. The molecule has 1 fully saturated rings. The Hall–Kier alpha value is -2.97. The van der Waals surface area contributed by atoms with Crippen molar-refractivity contribution in [1.82, 2.24) is 15.0 Å². The van der Waals surface area contributed by atoms with Crippen LogP contribution in [0, 0.1) is 11.7 Å². The summed E-state index contributed by atoms with van der Waals surface area (Å²) in [6, 6.07) is 16.4. The summed E-state index contributed by atoms with van der Waals surface area (Å²) in [7, 11) is -3.62. The first-order chi connectivity index (χ1) is 15.4. The highest BCUT2D eigenvalue weighted by Gasteiger charge is 2.29. The van der Waals surface area contributed by atoms with Crippen LogP contribution in [0.4, 0.5) is 4.39 Å². The fourth-order valence-corrected chi connectivity index (χ4v) is 5.33.